The van der Waals surface area contributed by atoms with Crippen molar-refractivity contribution in [2.45, 2.75) is 18.9 Å². The monoisotopic (exact) mass is 315 g/mol. The fourth-order valence-electron chi connectivity index (χ4n) is 1.66. The first-order valence-corrected chi connectivity index (χ1v) is 7.23. The third-order valence-electron chi connectivity index (χ3n) is 2.54. The van der Waals surface area contributed by atoms with Crippen LogP contribution in [-0.2, 0) is 9.53 Å². The van der Waals surface area contributed by atoms with Gasteiger partial charge in [0.1, 0.15) is 0 Å². The van der Waals surface area contributed by atoms with Gasteiger partial charge < -0.3 is 10.1 Å². The molecule has 17 heavy (non-hydrogen) atoms. The van der Waals surface area contributed by atoms with E-state index < -0.39 is 0 Å². The molecule has 1 fully saturated rings. The normalized spacial score (nSPS) is 19.9. The SMILES string of the molecule is O=C(C=Cc1csc(Br)c1)NCC1CCCO1. The second kappa shape index (κ2) is 6.33. The van der Waals surface area contributed by atoms with Crippen molar-refractivity contribution in [1.29, 1.82) is 0 Å². The van der Waals surface area contributed by atoms with Crippen LogP contribution in [0.2, 0.25) is 0 Å². The molecule has 1 amide bonds. The van der Waals surface area contributed by atoms with Crippen LogP contribution < -0.4 is 5.32 Å². The van der Waals surface area contributed by atoms with E-state index in [2.05, 4.69) is 21.2 Å². The van der Waals surface area contributed by atoms with Gasteiger partial charge in [0.2, 0.25) is 5.91 Å². The lowest BCUT2D eigenvalue weighted by Crippen LogP contribution is -2.30. The van der Waals surface area contributed by atoms with Crippen LogP contribution in [-0.4, -0.2) is 25.2 Å². The Kier molecular flexibility index (Phi) is 4.76. The van der Waals surface area contributed by atoms with Gasteiger partial charge in [-0.2, -0.15) is 0 Å². The summed E-state index contributed by atoms with van der Waals surface area (Å²) < 4.78 is 6.49. The average molecular weight is 316 g/mol. The molecule has 0 saturated carbocycles. The summed E-state index contributed by atoms with van der Waals surface area (Å²) in [5.74, 6) is -0.0668. The van der Waals surface area contributed by atoms with Gasteiger partial charge in [0.25, 0.3) is 0 Å². The first-order chi connectivity index (χ1) is 8.24. The number of carbonyl (C=O) groups excluding carboxylic acids is 1. The van der Waals surface area contributed by atoms with E-state index in [-0.39, 0.29) is 12.0 Å². The van der Waals surface area contributed by atoms with Crippen LogP contribution in [0.3, 0.4) is 0 Å². The second-order valence-corrected chi connectivity index (χ2v) is 6.19. The molecule has 1 aromatic rings. The summed E-state index contributed by atoms with van der Waals surface area (Å²) in [5, 5.41) is 4.84. The molecule has 0 radical (unpaired) electrons. The third-order valence-corrected chi connectivity index (χ3v) is 4.07. The molecule has 0 aromatic carbocycles. The van der Waals surface area contributed by atoms with E-state index in [1.807, 2.05) is 17.5 Å². The van der Waals surface area contributed by atoms with Gasteiger partial charge >= 0.3 is 0 Å². The van der Waals surface area contributed by atoms with Crippen molar-refractivity contribution in [3.8, 4) is 0 Å². The smallest absolute Gasteiger partial charge is 0.244 e. The van der Waals surface area contributed by atoms with Crippen molar-refractivity contribution in [2.24, 2.45) is 0 Å². The maximum absolute atomic E-state index is 11.5. The molecule has 1 unspecified atom stereocenters. The Bertz CT molecular complexity index is 410. The van der Waals surface area contributed by atoms with Gasteiger partial charge in [-0.3, -0.25) is 4.79 Å². The van der Waals surface area contributed by atoms with Crippen molar-refractivity contribution in [1.82, 2.24) is 5.32 Å². The highest BCUT2D eigenvalue weighted by Gasteiger charge is 2.15. The molecule has 0 aliphatic carbocycles. The molecule has 1 aliphatic rings. The number of nitrogens with one attached hydrogen (secondary N) is 1. The molecule has 2 rings (SSSR count). The third kappa shape index (κ3) is 4.26. The summed E-state index contributed by atoms with van der Waals surface area (Å²) in [7, 11) is 0. The summed E-state index contributed by atoms with van der Waals surface area (Å²) in [6.07, 6.45) is 5.71. The minimum Gasteiger partial charge on any atom is -0.376 e. The fraction of sp³-hybridized carbons (Fsp3) is 0.417. The molecule has 0 bridgehead atoms. The number of rotatable bonds is 4. The Morgan fingerprint density at radius 3 is 3.24 bits per heavy atom. The molecular formula is C12H14BrNO2S. The number of amides is 1. The average Bonchev–Trinajstić information content (AvgIpc) is 2.95. The Morgan fingerprint density at radius 2 is 2.59 bits per heavy atom. The van der Waals surface area contributed by atoms with Gasteiger partial charge in [0.05, 0.1) is 9.89 Å². The lowest BCUT2D eigenvalue weighted by molar-refractivity contribution is -0.116. The van der Waals surface area contributed by atoms with Crippen LogP contribution in [0.15, 0.2) is 21.3 Å². The second-order valence-electron chi connectivity index (χ2n) is 3.90. The number of hydrogen-bond donors (Lipinski definition) is 1. The summed E-state index contributed by atoms with van der Waals surface area (Å²) >= 11 is 4.99. The predicted octanol–water partition coefficient (Wildman–Crippen LogP) is 2.82. The number of halogens is 1. The largest absolute Gasteiger partial charge is 0.376 e. The van der Waals surface area contributed by atoms with Crippen LogP contribution in [0.4, 0.5) is 0 Å². The molecule has 3 nitrogen and oxygen atoms in total. The molecule has 0 spiro atoms. The minimum absolute atomic E-state index is 0.0668. The predicted molar refractivity (Wildman–Crippen MR) is 73.0 cm³/mol. The van der Waals surface area contributed by atoms with Gasteiger partial charge in [-0.25, -0.2) is 0 Å². The zero-order valence-electron chi connectivity index (χ0n) is 9.32. The van der Waals surface area contributed by atoms with Crippen molar-refractivity contribution in [3.05, 3.63) is 26.9 Å². The van der Waals surface area contributed by atoms with E-state index in [9.17, 15) is 4.79 Å². The zero-order valence-corrected chi connectivity index (χ0v) is 11.7. The molecule has 1 N–H and O–H groups in total. The highest BCUT2D eigenvalue weighted by atomic mass is 79.9. The summed E-state index contributed by atoms with van der Waals surface area (Å²) in [6.45, 7) is 1.43. The topological polar surface area (TPSA) is 38.3 Å². The number of ether oxygens (including phenoxy) is 1. The standard InChI is InChI=1S/C12H14BrNO2S/c13-11-6-9(8-17-11)3-4-12(15)14-7-10-2-1-5-16-10/h3-4,6,8,10H,1-2,5,7H2,(H,14,15). The molecule has 1 saturated heterocycles. The molecule has 2 heterocycles. The van der Waals surface area contributed by atoms with Gasteiger partial charge in [-0.05, 0) is 51.9 Å². The lowest BCUT2D eigenvalue weighted by Gasteiger charge is -2.08. The van der Waals surface area contributed by atoms with E-state index in [1.54, 1.807) is 17.4 Å². The van der Waals surface area contributed by atoms with E-state index in [0.29, 0.717) is 6.54 Å². The van der Waals surface area contributed by atoms with Crippen molar-refractivity contribution in [3.63, 3.8) is 0 Å². The number of hydrogen-bond acceptors (Lipinski definition) is 3. The molecule has 1 aromatic heterocycles. The highest BCUT2D eigenvalue weighted by molar-refractivity contribution is 9.11. The quantitative estimate of drug-likeness (QED) is 0.868. The molecule has 1 atom stereocenters. The van der Waals surface area contributed by atoms with Gasteiger partial charge in [0, 0.05) is 19.2 Å². The lowest BCUT2D eigenvalue weighted by atomic mass is 10.2. The molecule has 92 valence electrons. The number of carbonyl (C=O) groups is 1. The molecule has 1 aliphatic heterocycles. The van der Waals surface area contributed by atoms with Gasteiger partial charge in [-0.1, -0.05) is 0 Å². The maximum Gasteiger partial charge on any atom is 0.244 e. The summed E-state index contributed by atoms with van der Waals surface area (Å²) in [4.78, 5) is 11.5. The summed E-state index contributed by atoms with van der Waals surface area (Å²) in [5.41, 5.74) is 1.04. The molecule has 5 heteroatoms. The van der Waals surface area contributed by atoms with E-state index in [1.165, 1.54) is 0 Å². The van der Waals surface area contributed by atoms with E-state index >= 15 is 0 Å². The number of thiophene rings is 1. The Balaban J connectivity index is 1.74. The maximum atomic E-state index is 11.5. The van der Waals surface area contributed by atoms with Crippen molar-refractivity contribution >= 4 is 39.2 Å². The zero-order chi connectivity index (χ0) is 12.1. The minimum atomic E-state index is -0.0668. The molecular weight excluding hydrogens is 302 g/mol. The Labute approximate surface area is 113 Å². The Hall–Kier alpha value is -0.650. The highest BCUT2D eigenvalue weighted by Crippen LogP contribution is 2.21. The van der Waals surface area contributed by atoms with Crippen LogP contribution >= 0.6 is 27.3 Å². The van der Waals surface area contributed by atoms with Crippen LogP contribution in [0, 0.1) is 0 Å². The van der Waals surface area contributed by atoms with E-state index in [4.69, 9.17) is 4.74 Å². The van der Waals surface area contributed by atoms with Crippen LogP contribution in [0.5, 0.6) is 0 Å². The van der Waals surface area contributed by atoms with Gasteiger partial charge in [0.15, 0.2) is 0 Å². The first kappa shape index (κ1) is 12.8. The van der Waals surface area contributed by atoms with Crippen molar-refractivity contribution in [2.75, 3.05) is 13.2 Å². The fourth-order valence-corrected chi connectivity index (χ4v) is 2.81. The van der Waals surface area contributed by atoms with E-state index in [0.717, 1.165) is 28.8 Å². The summed E-state index contributed by atoms with van der Waals surface area (Å²) in [6, 6.07) is 1.98. The van der Waals surface area contributed by atoms with Gasteiger partial charge in [-0.15, -0.1) is 11.3 Å². The Morgan fingerprint density at radius 1 is 1.71 bits per heavy atom. The van der Waals surface area contributed by atoms with Crippen molar-refractivity contribution < 1.29 is 9.53 Å². The van der Waals surface area contributed by atoms with Crippen LogP contribution in [0.25, 0.3) is 6.08 Å². The first-order valence-electron chi connectivity index (χ1n) is 5.55. The van der Waals surface area contributed by atoms with Crippen LogP contribution in [0.1, 0.15) is 18.4 Å².